The molecule has 1 N–H and O–H groups in total. The van der Waals surface area contributed by atoms with Gasteiger partial charge in [0.1, 0.15) is 11.3 Å². The second-order valence-electron chi connectivity index (χ2n) is 8.05. The van der Waals surface area contributed by atoms with E-state index in [4.69, 9.17) is 9.72 Å². The molecule has 0 saturated carbocycles. The van der Waals surface area contributed by atoms with Crippen molar-refractivity contribution in [2.24, 2.45) is 0 Å². The number of aryl methyl sites for hydroxylation is 1. The van der Waals surface area contributed by atoms with Gasteiger partial charge in [-0.25, -0.2) is 4.98 Å². The predicted molar refractivity (Wildman–Crippen MR) is 125 cm³/mol. The summed E-state index contributed by atoms with van der Waals surface area (Å²) >= 11 is 0. The number of hydrogen-bond donors (Lipinski definition) is 1. The number of fused-ring (bicyclic) bond motifs is 1. The molecule has 1 aliphatic rings. The number of rotatable bonds is 7. The molecule has 30 heavy (non-hydrogen) atoms. The minimum absolute atomic E-state index is 0.183. The van der Waals surface area contributed by atoms with Crippen molar-refractivity contribution in [3.63, 3.8) is 0 Å². The SMILES string of the molecule is C=CCN1CCCCC1C(Nc1cc(C)nc2c(OC)cccc12)c1ccccc1. The number of para-hydroxylation sites is 1. The molecule has 3 aromatic rings. The van der Waals surface area contributed by atoms with Crippen molar-refractivity contribution in [2.45, 2.75) is 38.3 Å². The molecule has 0 radical (unpaired) electrons. The van der Waals surface area contributed by atoms with Crippen LogP contribution < -0.4 is 10.1 Å². The number of piperidine rings is 1. The Morgan fingerprint density at radius 1 is 1.20 bits per heavy atom. The molecular weight excluding hydrogens is 370 g/mol. The zero-order chi connectivity index (χ0) is 20.9. The normalized spacial score (nSPS) is 18.1. The van der Waals surface area contributed by atoms with Crippen LogP contribution in [0.2, 0.25) is 0 Å². The van der Waals surface area contributed by atoms with Gasteiger partial charge in [0.15, 0.2) is 0 Å². The molecule has 0 amide bonds. The van der Waals surface area contributed by atoms with Crippen molar-refractivity contribution in [3.05, 3.63) is 78.5 Å². The van der Waals surface area contributed by atoms with Gasteiger partial charge in [0.05, 0.1) is 13.2 Å². The van der Waals surface area contributed by atoms with E-state index in [1.807, 2.05) is 25.1 Å². The number of aromatic nitrogens is 1. The Hall–Kier alpha value is -2.85. The van der Waals surface area contributed by atoms with Gasteiger partial charge in [-0.2, -0.15) is 0 Å². The van der Waals surface area contributed by atoms with Crippen molar-refractivity contribution >= 4 is 16.6 Å². The van der Waals surface area contributed by atoms with Crippen molar-refractivity contribution in [1.82, 2.24) is 9.88 Å². The zero-order valence-corrected chi connectivity index (χ0v) is 18.0. The van der Waals surface area contributed by atoms with E-state index in [0.717, 1.165) is 41.1 Å². The van der Waals surface area contributed by atoms with Crippen molar-refractivity contribution in [1.29, 1.82) is 0 Å². The topological polar surface area (TPSA) is 37.4 Å². The van der Waals surface area contributed by atoms with E-state index in [2.05, 4.69) is 59.3 Å². The monoisotopic (exact) mass is 401 g/mol. The Bertz CT molecular complexity index is 1000. The van der Waals surface area contributed by atoms with E-state index in [1.165, 1.54) is 24.8 Å². The average Bonchev–Trinajstić information content (AvgIpc) is 2.78. The number of ether oxygens (including phenoxy) is 1. The lowest BCUT2D eigenvalue weighted by atomic mass is 9.90. The highest BCUT2D eigenvalue weighted by Gasteiger charge is 2.30. The Morgan fingerprint density at radius 3 is 2.80 bits per heavy atom. The van der Waals surface area contributed by atoms with Gasteiger partial charge in [0, 0.05) is 29.4 Å². The molecule has 0 bridgehead atoms. The number of nitrogens with zero attached hydrogens (tertiary/aromatic N) is 2. The fourth-order valence-corrected chi connectivity index (χ4v) is 4.65. The second-order valence-corrected chi connectivity index (χ2v) is 8.05. The molecule has 1 saturated heterocycles. The van der Waals surface area contributed by atoms with Crippen molar-refractivity contribution < 1.29 is 4.74 Å². The summed E-state index contributed by atoms with van der Waals surface area (Å²) in [4.78, 5) is 7.32. The van der Waals surface area contributed by atoms with Crippen LogP contribution in [-0.4, -0.2) is 36.1 Å². The first kappa shape index (κ1) is 20.4. The molecule has 2 aromatic carbocycles. The van der Waals surface area contributed by atoms with Crippen LogP contribution in [-0.2, 0) is 0 Å². The van der Waals surface area contributed by atoms with Crippen LogP contribution in [0.4, 0.5) is 5.69 Å². The molecule has 0 aliphatic carbocycles. The van der Waals surface area contributed by atoms with E-state index >= 15 is 0 Å². The van der Waals surface area contributed by atoms with Gasteiger partial charge < -0.3 is 10.1 Å². The maximum atomic E-state index is 5.58. The lowest BCUT2D eigenvalue weighted by Crippen LogP contribution is -2.45. The van der Waals surface area contributed by atoms with Gasteiger partial charge in [-0.05, 0) is 44.0 Å². The highest BCUT2D eigenvalue weighted by molar-refractivity contribution is 5.95. The summed E-state index contributed by atoms with van der Waals surface area (Å²) in [7, 11) is 1.70. The number of anilines is 1. The van der Waals surface area contributed by atoms with Crippen LogP contribution in [0, 0.1) is 6.92 Å². The van der Waals surface area contributed by atoms with Gasteiger partial charge in [-0.1, -0.05) is 55.0 Å². The minimum atomic E-state index is 0.183. The third-order valence-electron chi connectivity index (χ3n) is 6.03. The highest BCUT2D eigenvalue weighted by atomic mass is 16.5. The molecule has 2 heterocycles. The van der Waals surface area contributed by atoms with E-state index in [9.17, 15) is 0 Å². The molecule has 4 rings (SSSR count). The van der Waals surface area contributed by atoms with Crippen molar-refractivity contribution in [2.75, 3.05) is 25.5 Å². The standard InChI is InChI=1S/C26H31N3O/c1-4-16-29-17-9-8-14-23(29)25(20-11-6-5-7-12-20)28-22-18-19(2)27-26-21(22)13-10-15-24(26)30-3/h4-7,10-13,15,18,23,25H,1,8-9,14,16-17H2,2-3H3,(H,27,28). The van der Waals surface area contributed by atoms with Gasteiger partial charge in [0.25, 0.3) is 0 Å². The molecule has 1 aliphatic heterocycles. The summed E-state index contributed by atoms with van der Waals surface area (Å²) < 4.78 is 5.58. The Morgan fingerprint density at radius 2 is 2.03 bits per heavy atom. The van der Waals surface area contributed by atoms with Gasteiger partial charge >= 0.3 is 0 Å². The Balaban J connectivity index is 1.79. The molecule has 2 atom stereocenters. The van der Waals surface area contributed by atoms with Crippen LogP contribution in [0.5, 0.6) is 5.75 Å². The molecule has 0 spiro atoms. The predicted octanol–water partition coefficient (Wildman–Crippen LogP) is 5.75. The van der Waals surface area contributed by atoms with Gasteiger partial charge in [0.2, 0.25) is 0 Å². The summed E-state index contributed by atoms with van der Waals surface area (Å²) in [5.74, 6) is 0.807. The summed E-state index contributed by atoms with van der Waals surface area (Å²) in [6.07, 6.45) is 5.70. The Kier molecular flexibility index (Phi) is 6.34. The highest BCUT2D eigenvalue weighted by Crippen LogP contribution is 2.36. The molecule has 1 aromatic heterocycles. The molecule has 2 unspecified atom stereocenters. The second kappa shape index (κ2) is 9.31. The fourth-order valence-electron chi connectivity index (χ4n) is 4.65. The molecule has 4 nitrogen and oxygen atoms in total. The van der Waals surface area contributed by atoms with Crippen LogP contribution in [0.3, 0.4) is 0 Å². The van der Waals surface area contributed by atoms with Gasteiger partial charge in [-0.15, -0.1) is 6.58 Å². The zero-order valence-electron chi connectivity index (χ0n) is 18.0. The maximum Gasteiger partial charge on any atom is 0.145 e. The summed E-state index contributed by atoms with van der Waals surface area (Å²) in [6, 6.07) is 19.7. The lowest BCUT2D eigenvalue weighted by molar-refractivity contribution is 0.147. The van der Waals surface area contributed by atoms with Crippen LogP contribution >= 0.6 is 0 Å². The third kappa shape index (κ3) is 4.19. The van der Waals surface area contributed by atoms with Crippen LogP contribution in [0.15, 0.2) is 67.3 Å². The number of benzene rings is 2. The van der Waals surface area contributed by atoms with Crippen LogP contribution in [0.25, 0.3) is 10.9 Å². The van der Waals surface area contributed by atoms with E-state index in [1.54, 1.807) is 7.11 Å². The summed E-state index contributed by atoms with van der Waals surface area (Å²) in [5.41, 5.74) is 4.30. The van der Waals surface area contributed by atoms with Crippen molar-refractivity contribution in [3.8, 4) is 5.75 Å². The summed E-state index contributed by atoms with van der Waals surface area (Å²) in [5, 5.41) is 5.01. The number of likely N-dealkylation sites (tertiary alicyclic amines) is 1. The fraction of sp³-hybridized carbons (Fsp3) is 0.346. The van der Waals surface area contributed by atoms with E-state index < -0.39 is 0 Å². The first-order chi connectivity index (χ1) is 14.7. The lowest BCUT2D eigenvalue weighted by Gasteiger charge is -2.41. The average molecular weight is 402 g/mol. The molecular formula is C26H31N3O. The smallest absolute Gasteiger partial charge is 0.145 e. The number of nitrogens with one attached hydrogen (secondary N) is 1. The first-order valence-electron chi connectivity index (χ1n) is 10.8. The number of methoxy groups -OCH3 is 1. The molecule has 4 heteroatoms. The molecule has 156 valence electrons. The number of pyridine rings is 1. The van der Waals surface area contributed by atoms with E-state index in [-0.39, 0.29) is 6.04 Å². The van der Waals surface area contributed by atoms with E-state index in [0.29, 0.717) is 6.04 Å². The summed E-state index contributed by atoms with van der Waals surface area (Å²) in [6.45, 7) is 8.07. The quantitative estimate of drug-likeness (QED) is 0.512. The number of hydrogen-bond acceptors (Lipinski definition) is 4. The first-order valence-corrected chi connectivity index (χ1v) is 10.8. The largest absolute Gasteiger partial charge is 0.494 e. The van der Waals surface area contributed by atoms with Gasteiger partial charge in [-0.3, -0.25) is 4.90 Å². The maximum absolute atomic E-state index is 5.58. The Labute approximate surface area is 179 Å². The van der Waals surface area contributed by atoms with Crippen LogP contribution in [0.1, 0.15) is 36.6 Å². The molecule has 1 fully saturated rings. The third-order valence-corrected chi connectivity index (χ3v) is 6.03. The minimum Gasteiger partial charge on any atom is -0.494 e.